The normalized spacial score (nSPS) is 21.3. The standard InChI is InChI=1S/C26H32FN9O2/c27-19-14-28-10-9-20(19)33-25(37)22-15-29-24-21(30-16-3-4-16)13-23(34-36(22)24)31-17-5-7-18(8-6-17)32-26(38)35-11-1-2-12-35/h9-10,13-18,30H,1-8,11-12H2,(H,31,34)(H,32,38)(H,28,33,37). The molecule has 11 nitrogen and oxygen atoms in total. The van der Waals surface area contributed by atoms with Crippen molar-refractivity contribution in [1.82, 2.24) is 29.8 Å². The molecule has 3 aliphatic rings. The second-order valence-electron chi connectivity index (χ2n) is 10.4. The highest BCUT2D eigenvalue weighted by atomic mass is 19.1. The quantitative estimate of drug-likeness (QED) is 0.374. The van der Waals surface area contributed by atoms with Gasteiger partial charge in [-0.15, -0.1) is 5.10 Å². The lowest BCUT2D eigenvalue weighted by Gasteiger charge is -2.31. The van der Waals surface area contributed by atoms with Crippen molar-refractivity contribution in [3.05, 3.63) is 42.2 Å². The molecule has 0 atom stereocenters. The Bertz CT molecular complexity index is 1330. The Kier molecular flexibility index (Phi) is 6.69. The number of carbonyl (C=O) groups is 2. The molecule has 12 heteroatoms. The third-order valence-corrected chi connectivity index (χ3v) is 7.46. The number of carbonyl (C=O) groups excluding carboxylic acids is 2. The Labute approximate surface area is 219 Å². The number of pyridine rings is 1. The molecule has 2 saturated carbocycles. The fraction of sp³-hybridized carbons (Fsp3) is 0.500. The second kappa shape index (κ2) is 10.4. The van der Waals surface area contributed by atoms with Crippen molar-refractivity contribution >= 4 is 34.8 Å². The molecule has 6 rings (SSSR count). The summed E-state index contributed by atoms with van der Waals surface area (Å²) in [7, 11) is 0. The number of nitrogens with zero attached hydrogens (tertiary/aromatic N) is 5. The maximum Gasteiger partial charge on any atom is 0.317 e. The Balaban J connectivity index is 1.16. The zero-order valence-corrected chi connectivity index (χ0v) is 21.1. The third-order valence-electron chi connectivity index (χ3n) is 7.46. The highest BCUT2D eigenvalue weighted by Crippen LogP contribution is 2.30. The van der Waals surface area contributed by atoms with Crippen LogP contribution in [-0.4, -0.2) is 67.6 Å². The molecule has 2 aliphatic carbocycles. The van der Waals surface area contributed by atoms with Crippen molar-refractivity contribution in [2.45, 2.75) is 69.5 Å². The van der Waals surface area contributed by atoms with E-state index in [1.807, 2.05) is 11.0 Å². The summed E-state index contributed by atoms with van der Waals surface area (Å²) in [5.74, 6) is -0.500. The van der Waals surface area contributed by atoms with Gasteiger partial charge in [0.15, 0.2) is 17.2 Å². The first-order valence-electron chi connectivity index (χ1n) is 13.4. The number of urea groups is 1. The lowest BCUT2D eigenvalue weighted by atomic mass is 9.91. The van der Waals surface area contributed by atoms with E-state index in [-0.39, 0.29) is 29.5 Å². The van der Waals surface area contributed by atoms with E-state index in [2.05, 4.69) is 36.3 Å². The number of hydrogen-bond donors (Lipinski definition) is 4. The van der Waals surface area contributed by atoms with Crippen molar-refractivity contribution in [3.8, 4) is 0 Å². The van der Waals surface area contributed by atoms with Crippen molar-refractivity contribution in [3.63, 3.8) is 0 Å². The van der Waals surface area contributed by atoms with Crippen molar-refractivity contribution in [2.24, 2.45) is 0 Å². The smallest absolute Gasteiger partial charge is 0.317 e. The molecule has 3 amide bonds. The van der Waals surface area contributed by atoms with Gasteiger partial charge in [-0.3, -0.25) is 9.78 Å². The molecule has 200 valence electrons. The zero-order valence-electron chi connectivity index (χ0n) is 21.1. The van der Waals surface area contributed by atoms with Crippen LogP contribution in [-0.2, 0) is 0 Å². The number of nitrogens with one attached hydrogen (secondary N) is 4. The SMILES string of the molecule is O=C(Nc1ccncc1F)c1cnc2c(NC3CC3)cc(NC3CCC(NC(=O)N4CCCC4)CC3)nn12. The van der Waals surface area contributed by atoms with E-state index in [1.54, 1.807) is 0 Å². The molecule has 0 radical (unpaired) electrons. The van der Waals surface area contributed by atoms with Gasteiger partial charge in [-0.1, -0.05) is 0 Å². The van der Waals surface area contributed by atoms with Crippen molar-refractivity contribution in [1.29, 1.82) is 0 Å². The first kappa shape index (κ1) is 24.4. The van der Waals surface area contributed by atoms with Gasteiger partial charge >= 0.3 is 6.03 Å². The summed E-state index contributed by atoms with van der Waals surface area (Å²) in [5, 5.41) is 17.5. The molecule has 0 unspecified atom stereocenters. The molecule has 3 aromatic heterocycles. The van der Waals surface area contributed by atoms with Crippen LogP contribution in [0.1, 0.15) is 61.9 Å². The topological polar surface area (TPSA) is 129 Å². The molecule has 0 spiro atoms. The average molecular weight is 522 g/mol. The first-order valence-corrected chi connectivity index (χ1v) is 13.4. The van der Waals surface area contributed by atoms with Gasteiger partial charge in [0.05, 0.1) is 23.8 Å². The maximum atomic E-state index is 14.1. The Morgan fingerprint density at radius 3 is 2.37 bits per heavy atom. The summed E-state index contributed by atoms with van der Waals surface area (Å²) in [6, 6.07) is 4.15. The Morgan fingerprint density at radius 2 is 1.63 bits per heavy atom. The van der Waals surface area contributed by atoms with E-state index in [1.165, 1.54) is 23.0 Å². The van der Waals surface area contributed by atoms with E-state index >= 15 is 0 Å². The summed E-state index contributed by atoms with van der Waals surface area (Å²) < 4.78 is 15.6. The molecule has 38 heavy (non-hydrogen) atoms. The minimum atomic E-state index is -0.617. The van der Waals surface area contributed by atoms with E-state index in [0.717, 1.165) is 76.3 Å². The van der Waals surface area contributed by atoms with Gasteiger partial charge in [0.1, 0.15) is 5.82 Å². The number of hydrogen-bond acceptors (Lipinski definition) is 7. The fourth-order valence-corrected chi connectivity index (χ4v) is 5.19. The number of amides is 3. The number of imidazole rings is 1. The van der Waals surface area contributed by atoms with Crippen molar-refractivity contribution < 1.29 is 14.0 Å². The van der Waals surface area contributed by atoms with E-state index < -0.39 is 11.7 Å². The highest BCUT2D eigenvalue weighted by molar-refractivity contribution is 6.03. The van der Waals surface area contributed by atoms with Crippen LogP contribution in [0.3, 0.4) is 0 Å². The number of likely N-dealkylation sites (tertiary alicyclic amines) is 1. The molecule has 1 aliphatic heterocycles. The summed E-state index contributed by atoms with van der Waals surface area (Å²) in [4.78, 5) is 35.5. The highest BCUT2D eigenvalue weighted by Gasteiger charge is 2.27. The lowest BCUT2D eigenvalue weighted by Crippen LogP contribution is -2.46. The molecule has 0 aromatic carbocycles. The van der Waals surface area contributed by atoms with E-state index in [0.29, 0.717) is 17.5 Å². The Morgan fingerprint density at radius 1 is 0.921 bits per heavy atom. The predicted octanol–water partition coefficient (Wildman–Crippen LogP) is 3.62. The molecule has 3 aromatic rings. The van der Waals surface area contributed by atoms with Gasteiger partial charge in [0.25, 0.3) is 5.91 Å². The van der Waals surface area contributed by atoms with Crippen LogP contribution in [0, 0.1) is 5.82 Å². The average Bonchev–Trinajstić information content (AvgIpc) is 3.37. The van der Waals surface area contributed by atoms with Crippen LogP contribution < -0.4 is 21.3 Å². The fourth-order valence-electron chi connectivity index (χ4n) is 5.19. The molecule has 4 N–H and O–H groups in total. The lowest BCUT2D eigenvalue weighted by molar-refractivity contribution is 0.102. The van der Waals surface area contributed by atoms with Crippen LogP contribution >= 0.6 is 0 Å². The van der Waals surface area contributed by atoms with Gasteiger partial charge < -0.3 is 26.2 Å². The minimum absolute atomic E-state index is 0.0409. The van der Waals surface area contributed by atoms with E-state index in [4.69, 9.17) is 0 Å². The van der Waals surface area contributed by atoms with Crippen LogP contribution in [0.4, 0.5) is 26.4 Å². The molecular formula is C26H32FN9O2. The number of rotatable bonds is 7. The van der Waals surface area contributed by atoms with Gasteiger partial charge in [-0.25, -0.2) is 18.7 Å². The van der Waals surface area contributed by atoms with Gasteiger partial charge in [0, 0.05) is 43.5 Å². The maximum absolute atomic E-state index is 14.1. The van der Waals surface area contributed by atoms with Crippen LogP contribution in [0.25, 0.3) is 5.65 Å². The number of fused-ring (bicyclic) bond motifs is 1. The molecule has 0 bridgehead atoms. The third kappa shape index (κ3) is 5.34. The largest absolute Gasteiger partial charge is 0.379 e. The predicted molar refractivity (Wildman–Crippen MR) is 141 cm³/mol. The molecule has 3 fully saturated rings. The van der Waals surface area contributed by atoms with Crippen molar-refractivity contribution in [2.75, 3.05) is 29.0 Å². The van der Waals surface area contributed by atoms with Gasteiger partial charge in [-0.2, -0.15) is 0 Å². The molecule has 4 heterocycles. The molecular weight excluding hydrogens is 489 g/mol. The second-order valence-corrected chi connectivity index (χ2v) is 10.4. The molecule has 1 saturated heterocycles. The number of aromatic nitrogens is 4. The summed E-state index contributed by atoms with van der Waals surface area (Å²) in [6.45, 7) is 1.69. The summed E-state index contributed by atoms with van der Waals surface area (Å²) in [6.07, 6.45) is 11.8. The van der Waals surface area contributed by atoms with Gasteiger partial charge in [0.2, 0.25) is 0 Å². The minimum Gasteiger partial charge on any atom is -0.379 e. The number of anilines is 3. The summed E-state index contributed by atoms with van der Waals surface area (Å²) in [5.41, 5.74) is 1.58. The monoisotopic (exact) mass is 521 g/mol. The van der Waals surface area contributed by atoms with Crippen LogP contribution in [0.15, 0.2) is 30.7 Å². The van der Waals surface area contributed by atoms with Gasteiger partial charge in [-0.05, 0) is 57.4 Å². The van der Waals surface area contributed by atoms with Crippen LogP contribution in [0.5, 0.6) is 0 Å². The van der Waals surface area contributed by atoms with Crippen LogP contribution in [0.2, 0.25) is 0 Å². The Hall–Kier alpha value is -3.96. The first-order chi connectivity index (χ1) is 18.5. The number of halogens is 1. The van der Waals surface area contributed by atoms with E-state index in [9.17, 15) is 14.0 Å². The zero-order chi connectivity index (χ0) is 26.1. The summed E-state index contributed by atoms with van der Waals surface area (Å²) >= 11 is 0.